The second kappa shape index (κ2) is 8.02. The first kappa shape index (κ1) is 19.7. The van der Waals surface area contributed by atoms with Crippen LogP contribution in [0.2, 0.25) is 0 Å². The zero-order chi connectivity index (χ0) is 19.1. The van der Waals surface area contributed by atoms with Crippen molar-refractivity contribution in [3.63, 3.8) is 0 Å². The second-order valence-electron chi connectivity index (χ2n) is 7.61. The molecular formula is C28H22Co. The van der Waals surface area contributed by atoms with Crippen LogP contribution in [0.1, 0.15) is 47.9 Å². The largest absolute Gasteiger partial charge is 2.00 e. The Morgan fingerprint density at radius 1 is 0.517 bits per heavy atom. The summed E-state index contributed by atoms with van der Waals surface area (Å²) in [6, 6.07) is 36.5. The van der Waals surface area contributed by atoms with Gasteiger partial charge in [-0.05, 0) is 23.0 Å². The van der Waals surface area contributed by atoms with Gasteiger partial charge < -0.3 is 0 Å². The summed E-state index contributed by atoms with van der Waals surface area (Å²) < 4.78 is 0. The molecule has 29 heavy (non-hydrogen) atoms. The van der Waals surface area contributed by atoms with Crippen molar-refractivity contribution in [3.8, 4) is 22.3 Å². The van der Waals surface area contributed by atoms with E-state index in [0.29, 0.717) is 11.8 Å². The Hall–Kier alpha value is -2.61. The van der Waals surface area contributed by atoms with E-state index in [1.165, 1.54) is 44.5 Å². The molecule has 0 fully saturated rings. The molecule has 1 radical (unpaired) electrons. The predicted molar refractivity (Wildman–Crippen MR) is 116 cm³/mol. The van der Waals surface area contributed by atoms with Crippen molar-refractivity contribution in [1.82, 2.24) is 0 Å². The third-order valence-corrected chi connectivity index (χ3v) is 6.08. The molecular weight excluding hydrogens is 395 g/mol. The van der Waals surface area contributed by atoms with E-state index in [0.717, 1.165) is 0 Å². The van der Waals surface area contributed by atoms with Crippen LogP contribution in [0.3, 0.4) is 0 Å². The number of benzene rings is 4. The molecule has 143 valence electrons. The molecule has 4 aromatic carbocycles. The molecule has 2 aliphatic rings. The molecule has 0 bridgehead atoms. The van der Waals surface area contributed by atoms with Gasteiger partial charge in [-0.1, -0.05) is 73.5 Å². The number of rotatable bonds is 0. The van der Waals surface area contributed by atoms with Crippen LogP contribution in [-0.2, 0) is 16.8 Å². The van der Waals surface area contributed by atoms with Gasteiger partial charge in [0.2, 0.25) is 0 Å². The van der Waals surface area contributed by atoms with E-state index in [1.807, 2.05) is 12.1 Å². The van der Waals surface area contributed by atoms with Gasteiger partial charge in [0.1, 0.15) is 0 Å². The van der Waals surface area contributed by atoms with E-state index in [4.69, 9.17) is 0 Å². The summed E-state index contributed by atoms with van der Waals surface area (Å²) in [6.07, 6.45) is 0. The maximum Gasteiger partial charge on any atom is 2.00 e. The van der Waals surface area contributed by atoms with Gasteiger partial charge in [-0.15, -0.1) is 22.3 Å². The minimum atomic E-state index is 0. The van der Waals surface area contributed by atoms with Crippen LogP contribution in [0.15, 0.2) is 84.9 Å². The molecule has 0 heterocycles. The summed E-state index contributed by atoms with van der Waals surface area (Å²) in [5, 5.41) is 0. The van der Waals surface area contributed by atoms with Crippen LogP contribution in [-0.4, -0.2) is 0 Å². The first-order valence-corrected chi connectivity index (χ1v) is 9.95. The fraction of sp³-hybridized carbons (Fsp3) is 0.143. The fourth-order valence-corrected chi connectivity index (χ4v) is 4.64. The molecule has 1 heteroatoms. The van der Waals surface area contributed by atoms with Gasteiger partial charge in [0.15, 0.2) is 0 Å². The quantitative estimate of drug-likeness (QED) is 0.265. The summed E-state index contributed by atoms with van der Waals surface area (Å²) in [5.41, 5.74) is 11.0. The summed E-state index contributed by atoms with van der Waals surface area (Å²) in [4.78, 5) is 0. The summed E-state index contributed by atoms with van der Waals surface area (Å²) in [5.74, 6) is 1.00. The van der Waals surface area contributed by atoms with E-state index in [2.05, 4.69) is 98.8 Å². The molecule has 0 nitrogen and oxygen atoms in total. The molecule has 0 saturated carbocycles. The monoisotopic (exact) mass is 417 g/mol. The minimum Gasteiger partial charge on any atom is -0.179 e. The van der Waals surface area contributed by atoms with Crippen LogP contribution < -0.4 is 0 Å². The number of hydrogen-bond donors (Lipinski definition) is 0. The fourth-order valence-electron chi connectivity index (χ4n) is 4.64. The van der Waals surface area contributed by atoms with Crippen molar-refractivity contribution < 1.29 is 16.8 Å². The Morgan fingerprint density at radius 3 is 1.34 bits per heavy atom. The van der Waals surface area contributed by atoms with E-state index in [-0.39, 0.29) is 16.8 Å². The van der Waals surface area contributed by atoms with Crippen molar-refractivity contribution in [3.05, 3.63) is 119 Å². The first-order valence-electron chi connectivity index (χ1n) is 9.95. The average molecular weight is 417 g/mol. The zero-order valence-electron chi connectivity index (χ0n) is 16.6. The van der Waals surface area contributed by atoms with Crippen molar-refractivity contribution in [2.24, 2.45) is 0 Å². The molecule has 2 unspecified atom stereocenters. The van der Waals surface area contributed by atoms with Gasteiger partial charge >= 0.3 is 16.8 Å². The Kier molecular flexibility index (Phi) is 5.45. The van der Waals surface area contributed by atoms with E-state index in [1.54, 1.807) is 0 Å². The molecule has 0 aliphatic heterocycles. The maximum absolute atomic E-state index is 3.35. The summed E-state index contributed by atoms with van der Waals surface area (Å²) in [6.45, 7) is 4.50. The van der Waals surface area contributed by atoms with E-state index in [9.17, 15) is 0 Å². The molecule has 0 saturated heterocycles. The Bertz CT molecular complexity index is 974. The van der Waals surface area contributed by atoms with Crippen molar-refractivity contribution in [1.29, 1.82) is 0 Å². The second-order valence-corrected chi connectivity index (χ2v) is 7.61. The molecule has 0 aromatic heterocycles. The maximum atomic E-state index is 3.35. The molecule has 0 amide bonds. The molecule has 6 rings (SSSR count). The molecule has 0 N–H and O–H groups in total. The number of hydrogen-bond acceptors (Lipinski definition) is 0. The van der Waals surface area contributed by atoms with Crippen LogP contribution >= 0.6 is 0 Å². The summed E-state index contributed by atoms with van der Waals surface area (Å²) >= 11 is 0. The SMILES string of the molecule is CC1c2[c-]cccc2-c2ccccc21.CC1c2[c-]cccc2-c2ccccc21.[Co+2]. The Morgan fingerprint density at radius 2 is 0.897 bits per heavy atom. The zero-order valence-corrected chi connectivity index (χ0v) is 17.6. The molecule has 0 spiro atoms. The third-order valence-electron chi connectivity index (χ3n) is 6.08. The first-order chi connectivity index (χ1) is 13.8. The van der Waals surface area contributed by atoms with Crippen molar-refractivity contribution in [2.45, 2.75) is 25.7 Å². The van der Waals surface area contributed by atoms with Crippen LogP contribution in [0, 0.1) is 12.1 Å². The normalized spacial score (nSPS) is 17.0. The molecule has 2 aliphatic carbocycles. The molecule has 2 atom stereocenters. The summed E-state index contributed by atoms with van der Waals surface area (Å²) in [7, 11) is 0. The average Bonchev–Trinajstić information content (AvgIpc) is 3.22. The minimum absolute atomic E-state index is 0. The number of fused-ring (bicyclic) bond motifs is 6. The van der Waals surface area contributed by atoms with Crippen LogP contribution in [0.5, 0.6) is 0 Å². The van der Waals surface area contributed by atoms with E-state index >= 15 is 0 Å². The van der Waals surface area contributed by atoms with Crippen LogP contribution in [0.4, 0.5) is 0 Å². The molecule has 4 aromatic rings. The standard InChI is InChI=1S/2C14H11.Co/c2*1-10-11-6-2-4-8-13(11)14-9-5-3-7-12(10)14;/h2*2-6,8-10H,1H3;/q2*-1;+2. The smallest absolute Gasteiger partial charge is 0.179 e. The van der Waals surface area contributed by atoms with Gasteiger partial charge in [-0.25, -0.2) is 0 Å². The van der Waals surface area contributed by atoms with Crippen molar-refractivity contribution in [2.75, 3.05) is 0 Å². The van der Waals surface area contributed by atoms with Gasteiger partial charge in [0, 0.05) is 0 Å². The van der Waals surface area contributed by atoms with Crippen molar-refractivity contribution >= 4 is 0 Å². The van der Waals surface area contributed by atoms with Gasteiger partial charge in [0.25, 0.3) is 0 Å². The van der Waals surface area contributed by atoms with Gasteiger partial charge in [-0.3, -0.25) is 0 Å². The van der Waals surface area contributed by atoms with Crippen LogP contribution in [0.25, 0.3) is 22.3 Å². The topological polar surface area (TPSA) is 0 Å². The van der Waals surface area contributed by atoms with Gasteiger partial charge in [0.05, 0.1) is 0 Å². The van der Waals surface area contributed by atoms with Gasteiger partial charge in [-0.2, -0.15) is 48.5 Å². The predicted octanol–water partition coefficient (Wildman–Crippen LogP) is 7.24. The van der Waals surface area contributed by atoms with E-state index < -0.39 is 0 Å². The Labute approximate surface area is 183 Å². The third kappa shape index (κ3) is 3.25. The Balaban J connectivity index is 0.000000137.